The SMILES string of the molecule is C=CCn1c(SCC(=O)Nc2ccc(N(C)C)cc2)[nH+]c2sc3c(c2c1=O)CCC3. The molecule has 2 N–H and O–H groups in total. The van der Waals surface area contributed by atoms with Crippen LogP contribution in [-0.2, 0) is 24.2 Å². The summed E-state index contributed by atoms with van der Waals surface area (Å²) in [7, 11) is 3.95. The van der Waals surface area contributed by atoms with Crippen molar-refractivity contribution in [2.75, 3.05) is 30.1 Å². The molecule has 0 spiro atoms. The van der Waals surface area contributed by atoms with Crippen LogP contribution in [0.4, 0.5) is 11.4 Å². The number of benzene rings is 1. The van der Waals surface area contributed by atoms with Crippen LogP contribution >= 0.6 is 23.1 Å². The van der Waals surface area contributed by atoms with Gasteiger partial charge in [0, 0.05) is 30.3 Å². The van der Waals surface area contributed by atoms with E-state index in [0.717, 1.165) is 40.9 Å². The Morgan fingerprint density at radius 2 is 2.10 bits per heavy atom. The number of aromatic amines is 1. The molecule has 156 valence electrons. The lowest BCUT2D eigenvalue weighted by atomic mass is 10.2. The number of amides is 1. The highest BCUT2D eigenvalue weighted by Gasteiger charge is 2.27. The molecule has 1 amide bonds. The molecule has 0 fully saturated rings. The van der Waals surface area contributed by atoms with Crippen LogP contribution in [0.15, 0.2) is 46.9 Å². The Morgan fingerprint density at radius 1 is 1.33 bits per heavy atom. The maximum Gasteiger partial charge on any atom is 0.347 e. The Morgan fingerprint density at radius 3 is 2.80 bits per heavy atom. The molecule has 0 saturated heterocycles. The first kappa shape index (κ1) is 20.7. The molecule has 1 aliphatic rings. The first-order chi connectivity index (χ1) is 14.5. The monoisotopic (exact) mass is 441 g/mol. The molecule has 8 heteroatoms. The summed E-state index contributed by atoms with van der Waals surface area (Å²) in [5.74, 6) is 0.0939. The number of carbonyl (C=O) groups is 1. The molecular formula is C22H25N4O2S2+. The zero-order valence-electron chi connectivity index (χ0n) is 17.2. The topological polar surface area (TPSA) is 68.5 Å². The number of nitrogens with one attached hydrogen (secondary N) is 2. The fourth-order valence-corrected chi connectivity index (χ4v) is 5.87. The van der Waals surface area contributed by atoms with Gasteiger partial charge in [0.1, 0.15) is 11.9 Å². The van der Waals surface area contributed by atoms with Gasteiger partial charge in [-0.2, -0.15) is 4.57 Å². The van der Waals surface area contributed by atoms with Gasteiger partial charge < -0.3 is 10.2 Å². The second-order valence-corrected chi connectivity index (χ2v) is 9.54. The molecule has 0 radical (unpaired) electrons. The lowest BCUT2D eigenvalue weighted by Gasteiger charge is -2.13. The molecule has 2 heterocycles. The fraction of sp³-hybridized carbons (Fsp3) is 0.318. The minimum Gasteiger partial charge on any atom is -0.378 e. The first-order valence-electron chi connectivity index (χ1n) is 9.89. The molecule has 30 heavy (non-hydrogen) atoms. The third-order valence-electron chi connectivity index (χ3n) is 5.17. The maximum absolute atomic E-state index is 13.2. The lowest BCUT2D eigenvalue weighted by molar-refractivity contribution is -0.404. The normalized spacial score (nSPS) is 12.7. The van der Waals surface area contributed by atoms with E-state index in [1.807, 2.05) is 43.3 Å². The summed E-state index contributed by atoms with van der Waals surface area (Å²) < 4.78 is 1.68. The van der Waals surface area contributed by atoms with Gasteiger partial charge in [-0.25, -0.2) is 9.78 Å². The summed E-state index contributed by atoms with van der Waals surface area (Å²) in [6.07, 6.45) is 4.84. The number of carbonyl (C=O) groups excluding carboxylic acids is 1. The number of hydrogen-bond acceptors (Lipinski definition) is 5. The molecule has 4 rings (SSSR count). The summed E-state index contributed by atoms with van der Waals surface area (Å²) in [5.41, 5.74) is 3.03. The zero-order valence-corrected chi connectivity index (χ0v) is 18.8. The molecule has 0 bridgehead atoms. The number of thioether (sulfide) groups is 1. The van der Waals surface area contributed by atoms with Crippen LogP contribution in [0.1, 0.15) is 16.9 Å². The maximum atomic E-state index is 13.2. The number of aromatic nitrogens is 2. The van der Waals surface area contributed by atoms with Crippen molar-refractivity contribution in [3.8, 4) is 0 Å². The summed E-state index contributed by atoms with van der Waals surface area (Å²) >= 11 is 3.01. The van der Waals surface area contributed by atoms with Crippen molar-refractivity contribution >= 4 is 50.6 Å². The number of thiophene rings is 1. The van der Waals surface area contributed by atoms with Gasteiger partial charge in [-0.15, -0.1) is 0 Å². The number of allylic oxidation sites excluding steroid dienone is 1. The number of rotatable bonds is 7. The van der Waals surface area contributed by atoms with Gasteiger partial charge in [0.25, 0.3) is 0 Å². The standard InChI is InChI=1S/C22H24N4O2S2/c1-4-12-26-21(28)19-16-6-5-7-17(16)30-20(19)24-22(26)29-13-18(27)23-14-8-10-15(11-9-14)25(2)3/h4,8-11H,1,5-7,12-13H2,2-3H3,(H,23,27)/p+1. The minimum absolute atomic E-state index is 0.00484. The van der Waals surface area contributed by atoms with Crippen LogP contribution in [0.3, 0.4) is 0 Å². The first-order valence-corrected chi connectivity index (χ1v) is 11.7. The largest absolute Gasteiger partial charge is 0.378 e. The van der Waals surface area contributed by atoms with Crippen molar-refractivity contribution in [3.05, 3.63) is 57.7 Å². The quantitative estimate of drug-likeness (QED) is 0.347. The predicted octanol–water partition coefficient (Wildman–Crippen LogP) is 3.35. The van der Waals surface area contributed by atoms with Gasteiger partial charge in [0.15, 0.2) is 4.83 Å². The van der Waals surface area contributed by atoms with Crippen LogP contribution in [0.2, 0.25) is 0 Å². The van der Waals surface area contributed by atoms with Crippen LogP contribution in [0.25, 0.3) is 10.2 Å². The van der Waals surface area contributed by atoms with Gasteiger partial charge in [-0.3, -0.25) is 4.79 Å². The highest BCUT2D eigenvalue weighted by atomic mass is 32.2. The Kier molecular flexibility index (Phi) is 5.97. The van der Waals surface area contributed by atoms with E-state index in [1.54, 1.807) is 22.0 Å². The van der Waals surface area contributed by atoms with E-state index >= 15 is 0 Å². The molecule has 6 nitrogen and oxygen atoms in total. The van der Waals surface area contributed by atoms with Gasteiger partial charge >= 0.3 is 10.7 Å². The molecule has 0 unspecified atom stereocenters. The van der Waals surface area contributed by atoms with Gasteiger partial charge in [0.05, 0.1) is 5.75 Å². The number of fused-ring (bicyclic) bond motifs is 3. The molecule has 0 saturated carbocycles. The van der Waals surface area contributed by atoms with Gasteiger partial charge in [-0.1, -0.05) is 24.0 Å². The number of aryl methyl sites for hydroxylation is 2. The molecule has 1 aliphatic carbocycles. The molecular weight excluding hydrogens is 416 g/mol. The van der Waals surface area contributed by atoms with E-state index < -0.39 is 0 Å². The fourth-order valence-electron chi connectivity index (χ4n) is 3.69. The number of nitrogens with zero attached hydrogens (tertiary/aromatic N) is 2. The molecule has 0 aliphatic heterocycles. The van der Waals surface area contributed by atoms with Gasteiger partial charge in [-0.05, 0) is 60.9 Å². The van der Waals surface area contributed by atoms with Gasteiger partial charge in [0.2, 0.25) is 5.91 Å². The van der Waals surface area contributed by atoms with E-state index in [-0.39, 0.29) is 17.2 Å². The number of anilines is 2. The third kappa shape index (κ3) is 4.02. The van der Waals surface area contributed by atoms with E-state index in [2.05, 4.69) is 16.9 Å². The Labute approximate surface area is 183 Å². The third-order valence-corrected chi connectivity index (χ3v) is 7.37. The second-order valence-electron chi connectivity index (χ2n) is 7.47. The summed E-state index contributed by atoms with van der Waals surface area (Å²) in [6.45, 7) is 4.19. The minimum atomic E-state index is -0.114. The van der Waals surface area contributed by atoms with Crippen LogP contribution in [0.5, 0.6) is 0 Å². The average Bonchev–Trinajstić information content (AvgIpc) is 3.30. The Balaban J connectivity index is 1.53. The van der Waals surface area contributed by atoms with E-state index in [9.17, 15) is 9.59 Å². The second kappa shape index (κ2) is 8.65. The van der Waals surface area contributed by atoms with Crippen molar-refractivity contribution in [1.82, 2.24) is 4.57 Å². The van der Waals surface area contributed by atoms with Crippen molar-refractivity contribution in [2.45, 2.75) is 31.0 Å². The predicted molar refractivity (Wildman–Crippen MR) is 125 cm³/mol. The van der Waals surface area contributed by atoms with Crippen LogP contribution in [-0.4, -0.2) is 30.3 Å². The van der Waals surface area contributed by atoms with Crippen molar-refractivity contribution < 1.29 is 9.78 Å². The van der Waals surface area contributed by atoms with Crippen LogP contribution in [0, 0.1) is 0 Å². The number of H-pyrrole nitrogens is 1. The number of hydrogen-bond donors (Lipinski definition) is 1. The van der Waals surface area contributed by atoms with E-state index in [1.165, 1.54) is 22.2 Å². The summed E-state index contributed by atoms with van der Waals surface area (Å²) in [5, 5.41) is 4.41. The lowest BCUT2D eigenvalue weighted by Crippen LogP contribution is -2.30. The Bertz CT molecular complexity index is 1160. The van der Waals surface area contributed by atoms with Crippen molar-refractivity contribution in [1.29, 1.82) is 0 Å². The van der Waals surface area contributed by atoms with Crippen LogP contribution < -0.4 is 20.8 Å². The average molecular weight is 442 g/mol. The Hall–Kier alpha value is -2.58. The molecule has 0 atom stereocenters. The molecule has 3 aromatic rings. The zero-order chi connectivity index (χ0) is 21.3. The smallest absolute Gasteiger partial charge is 0.347 e. The van der Waals surface area contributed by atoms with E-state index in [0.29, 0.717) is 11.7 Å². The molecule has 1 aromatic carbocycles. The highest BCUT2D eigenvalue weighted by molar-refractivity contribution is 7.99. The van der Waals surface area contributed by atoms with E-state index in [4.69, 9.17) is 0 Å². The molecule has 2 aromatic heterocycles. The van der Waals surface area contributed by atoms with Crippen molar-refractivity contribution in [2.24, 2.45) is 0 Å². The summed E-state index contributed by atoms with van der Waals surface area (Å²) in [6, 6.07) is 7.69. The summed E-state index contributed by atoms with van der Waals surface area (Å²) in [4.78, 5) is 33.3. The highest BCUT2D eigenvalue weighted by Crippen LogP contribution is 2.34. The van der Waals surface area contributed by atoms with Crippen molar-refractivity contribution in [3.63, 3.8) is 0 Å².